The number of hydrogen-bond donors (Lipinski definition) is 1. The first-order valence-electron chi connectivity index (χ1n) is 9.56. The number of rotatable bonds is 7. The number of imidazole rings is 1. The lowest BCUT2D eigenvalue weighted by atomic mass is 10.1. The Morgan fingerprint density at radius 3 is 2.79 bits per heavy atom. The maximum absolute atomic E-state index is 14.5. The molecule has 1 aliphatic heterocycles. The van der Waals surface area contributed by atoms with Crippen molar-refractivity contribution in [1.29, 1.82) is 0 Å². The van der Waals surface area contributed by atoms with Crippen molar-refractivity contribution in [3.8, 4) is 5.69 Å². The number of thiophene rings is 1. The molecule has 0 bridgehead atoms. The molecule has 7 heteroatoms. The van der Waals surface area contributed by atoms with Crippen LogP contribution >= 0.6 is 11.3 Å². The first kappa shape index (κ1) is 19.3. The van der Waals surface area contributed by atoms with Gasteiger partial charge in [0.1, 0.15) is 5.82 Å². The molecule has 1 saturated heterocycles. The molecule has 5 nitrogen and oxygen atoms in total. The molecule has 1 fully saturated rings. The highest BCUT2D eigenvalue weighted by Gasteiger charge is 2.23. The van der Waals surface area contributed by atoms with Crippen LogP contribution in [0.25, 0.3) is 5.69 Å². The van der Waals surface area contributed by atoms with Crippen LogP contribution in [0, 0.1) is 12.7 Å². The van der Waals surface area contributed by atoms with Gasteiger partial charge < -0.3 is 14.6 Å². The number of halogens is 1. The second-order valence-electron chi connectivity index (χ2n) is 7.00. The molecule has 0 aliphatic carbocycles. The van der Waals surface area contributed by atoms with E-state index in [-0.39, 0.29) is 5.82 Å². The quantitative estimate of drug-likeness (QED) is 0.659. The van der Waals surface area contributed by atoms with Gasteiger partial charge in [-0.25, -0.2) is 9.37 Å². The molecule has 3 heterocycles. The van der Waals surface area contributed by atoms with E-state index >= 15 is 0 Å². The Bertz CT molecular complexity index is 890. The molecule has 1 atom stereocenters. The smallest absolute Gasteiger partial charge is 0.147 e. The van der Waals surface area contributed by atoms with Crippen LogP contribution in [0.1, 0.15) is 21.4 Å². The van der Waals surface area contributed by atoms with E-state index in [2.05, 4.69) is 34.3 Å². The Balaban J connectivity index is 1.41. The third kappa shape index (κ3) is 4.50. The van der Waals surface area contributed by atoms with Gasteiger partial charge >= 0.3 is 0 Å². The number of nitrogens with zero attached hydrogens (tertiary/aromatic N) is 3. The largest absolute Gasteiger partial charge is 0.379 e. The number of morpholine rings is 1. The summed E-state index contributed by atoms with van der Waals surface area (Å²) >= 11 is 1.85. The van der Waals surface area contributed by atoms with Gasteiger partial charge in [-0.3, -0.25) is 4.90 Å². The topological polar surface area (TPSA) is 42.3 Å². The lowest BCUT2D eigenvalue weighted by Gasteiger charge is -2.34. The van der Waals surface area contributed by atoms with Crippen LogP contribution < -0.4 is 5.32 Å². The number of nitrogens with one attached hydrogen (secondary N) is 1. The van der Waals surface area contributed by atoms with Gasteiger partial charge in [-0.05, 0) is 36.8 Å². The summed E-state index contributed by atoms with van der Waals surface area (Å²) < 4.78 is 21.7. The van der Waals surface area contributed by atoms with Gasteiger partial charge in [-0.15, -0.1) is 11.3 Å². The van der Waals surface area contributed by atoms with Crippen molar-refractivity contribution < 1.29 is 9.13 Å². The number of aryl methyl sites for hydroxylation is 1. The highest BCUT2D eigenvalue weighted by atomic mass is 32.1. The highest BCUT2D eigenvalue weighted by molar-refractivity contribution is 7.12. The highest BCUT2D eigenvalue weighted by Crippen LogP contribution is 2.28. The lowest BCUT2D eigenvalue weighted by Crippen LogP contribution is -2.42. The van der Waals surface area contributed by atoms with Crippen LogP contribution in [0.5, 0.6) is 0 Å². The average molecular weight is 401 g/mol. The van der Waals surface area contributed by atoms with E-state index in [0.717, 1.165) is 38.4 Å². The maximum atomic E-state index is 14.5. The molecule has 0 amide bonds. The third-order valence-electron chi connectivity index (χ3n) is 5.04. The summed E-state index contributed by atoms with van der Waals surface area (Å²) in [6.07, 6.45) is 4.99. The van der Waals surface area contributed by atoms with Crippen molar-refractivity contribution in [3.63, 3.8) is 0 Å². The van der Waals surface area contributed by atoms with E-state index in [1.54, 1.807) is 35.4 Å². The van der Waals surface area contributed by atoms with Gasteiger partial charge in [0, 0.05) is 48.3 Å². The van der Waals surface area contributed by atoms with Crippen molar-refractivity contribution >= 4 is 11.3 Å². The van der Waals surface area contributed by atoms with Crippen molar-refractivity contribution in [2.75, 3.05) is 32.8 Å². The number of aromatic nitrogens is 2. The van der Waals surface area contributed by atoms with Crippen LogP contribution in [0.3, 0.4) is 0 Å². The predicted octanol–water partition coefficient (Wildman–Crippen LogP) is 3.54. The molecule has 1 unspecified atom stereocenters. The monoisotopic (exact) mass is 400 g/mol. The second kappa shape index (κ2) is 8.96. The Kier molecular flexibility index (Phi) is 6.17. The summed E-state index contributed by atoms with van der Waals surface area (Å²) in [5.74, 6) is -0.240. The standard InChI is InChI=1S/C21H25FN4OS/c1-16-2-5-21(28-16)20(25-8-10-27-11-9-25)14-24-13-17-3-4-19(18(22)12-17)26-7-6-23-15-26/h2-7,12,15,20,24H,8-11,13-14H2,1H3. The van der Waals surface area contributed by atoms with E-state index in [1.165, 1.54) is 9.75 Å². The van der Waals surface area contributed by atoms with Gasteiger partial charge in [0.15, 0.2) is 0 Å². The molecule has 1 aromatic carbocycles. The van der Waals surface area contributed by atoms with Crippen LogP contribution in [0.2, 0.25) is 0 Å². The second-order valence-corrected chi connectivity index (χ2v) is 8.32. The molecule has 0 spiro atoms. The molecule has 4 rings (SSSR count). The number of hydrogen-bond acceptors (Lipinski definition) is 5. The number of ether oxygens (including phenoxy) is 1. The number of benzene rings is 1. The molecule has 1 N–H and O–H groups in total. The van der Waals surface area contributed by atoms with Crippen molar-refractivity contribution in [3.05, 3.63) is 70.2 Å². The van der Waals surface area contributed by atoms with E-state index < -0.39 is 0 Å². The van der Waals surface area contributed by atoms with Crippen molar-refractivity contribution in [2.24, 2.45) is 0 Å². The third-order valence-corrected chi connectivity index (χ3v) is 6.14. The minimum Gasteiger partial charge on any atom is -0.379 e. The Labute approximate surface area is 168 Å². The maximum Gasteiger partial charge on any atom is 0.147 e. The molecule has 2 aromatic heterocycles. The molecule has 1 aliphatic rings. The van der Waals surface area contributed by atoms with Gasteiger partial charge in [-0.2, -0.15) is 0 Å². The molecule has 28 heavy (non-hydrogen) atoms. The summed E-state index contributed by atoms with van der Waals surface area (Å²) in [6.45, 7) is 7.04. The van der Waals surface area contributed by atoms with Gasteiger partial charge in [-0.1, -0.05) is 6.07 Å². The summed E-state index contributed by atoms with van der Waals surface area (Å²) in [5.41, 5.74) is 1.45. The summed E-state index contributed by atoms with van der Waals surface area (Å²) in [7, 11) is 0. The summed E-state index contributed by atoms with van der Waals surface area (Å²) in [5, 5.41) is 3.53. The molecular weight excluding hydrogens is 375 g/mol. The van der Waals surface area contributed by atoms with Crippen LogP contribution in [-0.2, 0) is 11.3 Å². The van der Waals surface area contributed by atoms with Crippen LogP contribution in [0.15, 0.2) is 49.1 Å². The Morgan fingerprint density at radius 1 is 1.25 bits per heavy atom. The minimum absolute atomic E-state index is 0.240. The fourth-order valence-electron chi connectivity index (χ4n) is 3.56. The zero-order chi connectivity index (χ0) is 19.3. The van der Waals surface area contributed by atoms with E-state index in [9.17, 15) is 4.39 Å². The fourth-order valence-corrected chi connectivity index (χ4v) is 4.57. The SMILES string of the molecule is Cc1ccc(C(CNCc2ccc(-n3ccnc3)c(F)c2)N2CCOCC2)s1. The fraction of sp³-hybridized carbons (Fsp3) is 0.381. The van der Waals surface area contributed by atoms with E-state index in [4.69, 9.17) is 4.74 Å². The summed E-state index contributed by atoms with van der Waals surface area (Å²) in [6, 6.07) is 10.1. The van der Waals surface area contributed by atoms with Crippen LogP contribution in [-0.4, -0.2) is 47.3 Å². The molecular formula is C21H25FN4OS. The van der Waals surface area contributed by atoms with Gasteiger partial charge in [0.25, 0.3) is 0 Å². The first-order valence-corrected chi connectivity index (χ1v) is 10.4. The minimum atomic E-state index is -0.240. The van der Waals surface area contributed by atoms with Crippen molar-refractivity contribution in [2.45, 2.75) is 19.5 Å². The summed E-state index contributed by atoms with van der Waals surface area (Å²) in [4.78, 5) is 9.15. The zero-order valence-corrected chi connectivity index (χ0v) is 16.8. The Morgan fingerprint density at radius 2 is 2.11 bits per heavy atom. The predicted molar refractivity (Wildman–Crippen MR) is 109 cm³/mol. The average Bonchev–Trinajstić information content (AvgIpc) is 3.38. The van der Waals surface area contributed by atoms with E-state index in [0.29, 0.717) is 18.3 Å². The van der Waals surface area contributed by atoms with Gasteiger partial charge in [0.05, 0.1) is 31.3 Å². The Hall–Kier alpha value is -2.06. The lowest BCUT2D eigenvalue weighted by molar-refractivity contribution is 0.0168. The van der Waals surface area contributed by atoms with E-state index in [1.807, 2.05) is 17.4 Å². The normalized spacial score (nSPS) is 16.4. The zero-order valence-electron chi connectivity index (χ0n) is 16.0. The van der Waals surface area contributed by atoms with Crippen molar-refractivity contribution in [1.82, 2.24) is 19.8 Å². The first-order chi connectivity index (χ1) is 13.7. The van der Waals surface area contributed by atoms with Crippen LogP contribution in [0.4, 0.5) is 4.39 Å². The molecule has 0 radical (unpaired) electrons. The van der Waals surface area contributed by atoms with Gasteiger partial charge in [0.2, 0.25) is 0 Å². The molecule has 0 saturated carbocycles. The molecule has 3 aromatic rings. The molecule has 148 valence electrons.